The van der Waals surface area contributed by atoms with Gasteiger partial charge in [-0.1, -0.05) is 0 Å². The minimum Gasteiger partial charge on any atom is -1.00 e. The monoisotopic (exact) mass is 289 g/mol. The third kappa shape index (κ3) is 12.5. The van der Waals surface area contributed by atoms with Gasteiger partial charge in [0.05, 0.1) is 0 Å². The van der Waals surface area contributed by atoms with Crippen LogP contribution < -0.4 is 17.0 Å². The summed E-state index contributed by atoms with van der Waals surface area (Å²) in [6.07, 6.45) is 0. The van der Waals surface area contributed by atoms with Crippen molar-refractivity contribution in [2.75, 3.05) is 0 Å². The van der Waals surface area contributed by atoms with Crippen LogP contribution in [0.25, 0.3) is 0 Å². The molecule has 2 aromatic carbocycles. The molecule has 0 saturated carbocycles. The zero-order chi connectivity index (χ0) is 7.07. The summed E-state index contributed by atoms with van der Waals surface area (Å²) in [6.45, 7) is 0. The van der Waals surface area contributed by atoms with E-state index in [-0.39, 0.29) is 57.1 Å². The van der Waals surface area contributed by atoms with Crippen molar-refractivity contribution in [1.29, 1.82) is 0 Å². The van der Waals surface area contributed by atoms with Gasteiger partial charge in [0.2, 0.25) is 0 Å². The molecule has 3 heteroatoms. The topological polar surface area (TPSA) is 0 Å². The van der Waals surface area contributed by atoms with Crippen molar-refractivity contribution >= 4 is 23.1 Å². The molecule has 2 rings (SSSR count). The molecule has 0 aromatic heterocycles. The van der Waals surface area contributed by atoms with Gasteiger partial charge in [-0.25, -0.2) is 24.3 Å². The number of hydrogen-bond donors (Lipinski definition) is 0. The van der Waals surface area contributed by atoms with E-state index in [9.17, 15) is 0 Å². The number of hydrogen-bond acceptors (Lipinski definition) is 0. The van der Waals surface area contributed by atoms with E-state index in [0.29, 0.717) is 0 Å². The van der Waals surface area contributed by atoms with Gasteiger partial charge in [0, 0.05) is 17.1 Å². The Hall–Kier alpha value is 0.466. The van der Waals surface area contributed by atoms with E-state index in [1.165, 1.54) is 0 Å². The fraction of sp³-hybridized carbons (Fsp3) is 0. The summed E-state index contributed by atoms with van der Waals surface area (Å²) in [6, 6.07) is 20.0. The fourth-order valence-corrected chi connectivity index (χ4v) is 0.642. The van der Waals surface area contributed by atoms with Gasteiger partial charge in [-0.2, -0.15) is 36.4 Å². The minimum atomic E-state index is 0. The molecule has 0 aliphatic carbocycles. The normalized spacial score (nSPS) is 6.15. The van der Waals surface area contributed by atoms with Crippen molar-refractivity contribution in [2.45, 2.75) is 0 Å². The van der Waals surface area contributed by atoms with Gasteiger partial charge in [-0.3, -0.25) is 0 Å². The van der Waals surface area contributed by atoms with Crippen LogP contribution in [0.5, 0.6) is 0 Å². The fourth-order valence-electron chi connectivity index (χ4n) is 0.642. The summed E-state index contributed by atoms with van der Waals surface area (Å²) in [5.74, 6) is 0. The summed E-state index contributed by atoms with van der Waals surface area (Å²) in [5, 5.41) is 0. The molecule has 0 amide bonds. The predicted octanol–water partition coefficient (Wildman–Crippen LogP) is -0.568. The third-order valence-corrected chi connectivity index (χ3v) is 1.11. The second-order valence-corrected chi connectivity index (χ2v) is 1.92. The van der Waals surface area contributed by atoms with Gasteiger partial charge in [-0.15, -0.1) is 0 Å². The largest absolute Gasteiger partial charge is 2.00 e. The molecule has 0 aliphatic rings. The van der Waals surface area contributed by atoms with Crippen molar-refractivity contribution in [2.24, 2.45) is 0 Å². The molecule has 13 heavy (non-hydrogen) atoms. The van der Waals surface area contributed by atoms with Crippen LogP contribution in [0.1, 0.15) is 0 Å². The van der Waals surface area contributed by atoms with Gasteiger partial charge in [0.1, 0.15) is 0 Å². The molecule has 0 N–H and O–H groups in total. The van der Waals surface area contributed by atoms with Crippen molar-refractivity contribution in [1.82, 2.24) is 0 Å². The van der Waals surface area contributed by atoms with E-state index in [2.05, 4.69) is 0 Å². The molecule has 0 fully saturated rings. The molecule has 0 nitrogen and oxygen atoms in total. The molecule has 0 radical (unpaired) electrons. The maximum absolute atomic E-state index is 2.00. The van der Waals surface area contributed by atoms with Crippen molar-refractivity contribution < 1.29 is 34.1 Å². The zero-order valence-corrected chi connectivity index (χ0v) is 11.3. The van der Waals surface area contributed by atoms with Gasteiger partial charge in [-0.05, 0) is 0 Å². The summed E-state index contributed by atoms with van der Waals surface area (Å²) in [7, 11) is 0. The average molecular weight is 290 g/mol. The van der Waals surface area contributed by atoms with Crippen molar-refractivity contribution in [3.05, 3.63) is 60.7 Å². The minimum absolute atomic E-state index is 0. The molecule has 68 valence electrons. The summed E-state index contributed by atoms with van der Waals surface area (Å²) >= 11 is 0. The van der Waals surface area contributed by atoms with E-state index < -0.39 is 0 Å². The van der Waals surface area contributed by atoms with E-state index in [4.69, 9.17) is 0 Å². The van der Waals surface area contributed by atoms with Crippen LogP contribution in [0.4, 0.5) is 0 Å². The van der Waals surface area contributed by atoms with Crippen LogP contribution in [0.15, 0.2) is 60.7 Å². The smallest absolute Gasteiger partial charge is 1.00 e. The molecule has 0 aliphatic heterocycles. The van der Waals surface area contributed by atoms with Crippen LogP contribution in [-0.2, 0) is 17.1 Å². The van der Waals surface area contributed by atoms with Crippen LogP contribution in [-0.4, -0.2) is 23.1 Å². The molecular formula is C10H10BrFeMg-. The van der Waals surface area contributed by atoms with E-state index in [1.54, 1.807) is 0 Å². The first-order valence-electron chi connectivity index (χ1n) is 3.33. The SMILES string of the molecule is [Br-].[Fe].[Mg+2].c1cc[cH-]c1.c1cc[cH-]c1. The van der Waals surface area contributed by atoms with E-state index >= 15 is 0 Å². The van der Waals surface area contributed by atoms with Crippen molar-refractivity contribution in [3.63, 3.8) is 0 Å². The Morgan fingerprint density at radius 2 is 0.846 bits per heavy atom. The Morgan fingerprint density at radius 3 is 0.923 bits per heavy atom. The van der Waals surface area contributed by atoms with Gasteiger partial charge < -0.3 is 17.0 Å². The Balaban J connectivity index is -0.000000125. The summed E-state index contributed by atoms with van der Waals surface area (Å²) < 4.78 is 0. The van der Waals surface area contributed by atoms with Crippen LogP contribution >= 0.6 is 0 Å². The second-order valence-electron chi connectivity index (χ2n) is 1.92. The zero-order valence-electron chi connectivity index (χ0n) is 7.21. The Morgan fingerprint density at radius 1 is 0.615 bits per heavy atom. The summed E-state index contributed by atoms with van der Waals surface area (Å²) in [4.78, 5) is 0. The first-order valence-corrected chi connectivity index (χ1v) is 3.33. The maximum Gasteiger partial charge on any atom is 2.00 e. The Bertz CT molecular complexity index is 154. The molecule has 0 saturated heterocycles. The van der Waals surface area contributed by atoms with Crippen LogP contribution in [0.2, 0.25) is 0 Å². The van der Waals surface area contributed by atoms with E-state index in [1.807, 2.05) is 60.7 Å². The molecule has 2 aromatic rings. The Kier molecular flexibility index (Phi) is 22.0. The molecule has 0 spiro atoms. The molecule has 0 heterocycles. The van der Waals surface area contributed by atoms with Gasteiger partial charge >= 0.3 is 23.1 Å². The van der Waals surface area contributed by atoms with Crippen molar-refractivity contribution in [3.8, 4) is 0 Å². The maximum atomic E-state index is 2.00. The van der Waals surface area contributed by atoms with Crippen LogP contribution in [0.3, 0.4) is 0 Å². The van der Waals surface area contributed by atoms with Gasteiger partial charge in [0.25, 0.3) is 0 Å². The van der Waals surface area contributed by atoms with Gasteiger partial charge in [0.15, 0.2) is 0 Å². The van der Waals surface area contributed by atoms with E-state index in [0.717, 1.165) is 0 Å². The van der Waals surface area contributed by atoms with Crippen LogP contribution in [0, 0.1) is 0 Å². The second kappa shape index (κ2) is 15.0. The number of halogens is 1. The average Bonchev–Trinajstić information content (AvgIpc) is 2.67. The standard InChI is InChI=1S/2C5H5.BrH.Fe.Mg/c2*1-2-4-5-3-1;;;/h2*1-5H;1H;;/q2*-1;;;+2/p-1. The number of rotatable bonds is 0. The molecule has 0 atom stereocenters. The molecule has 0 unspecified atom stereocenters. The first-order chi connectivity index (χ1) is 5.00. The Labute approximate surface area is 117 Å². The first kappa shape index (κ1) is 19.1. The molecule has 0 bridgehead atoms. The quantitative estimate of drug-likeness (QED) is 0.450. The molecular weight excluding hydrogens is 280 g/mol. The predicted molar refractivity (Wildman–Crippen MR) is 49.8 cm³/mol. The summed E-state index contributed by atoms with van der Waals surface area (Å²) in [5.41, 5.74) is 0. The third-order valence-electron chi connectivity index (χ3n) is 1.11.